The van der Waals surface area contributed by atoms with Crippen LogP contribution in [0.25, 0.3) is 0 Å². The van der Waals surface area contributed by atoms with E-state index < -0.39 is 5.97 Å². The standard InChI is InChI=1S/C13H24N2O4/c1-9(2)14-13(18)10(3)15-6-4-11(5-7-15)19-8-12(16)17/h9-11H,4-8H2,1-3H3,(H,14,18)(H,16,17). The summed E-state index contributed by atoms with van der Waals surface area (Å²) in [5.41, 5.74) is 0. The van der Waals surface area contributed by atoms with Gasteiger partial charge >= 0.3 is 5.97 Å². The summed E-state index contributed by atoms with van der Waals surface area (Å²) in [5.74, 6) is -0.896. The van der Waals surface area contributed by atoms with Crippen LogP contribution in [-0.4, -0.2) is 59.8 Å². The number of ether oxygens (including phenoxy) is 1. The molecule has 1 unspecified atom stereocenters. The number of carbonyl (C=O) groups is 2. The Balaban J connectivity index is 2.32. The van der Waals surface area contributed by atoms with Crippen molar-refractivity contribution in [2.45, 2.75) is 51.8 Å². The first-order valence-corrected chi connectivity index (χ1v) is 6.78. The zero-order valence-electron chi connectivity index (χ0n) is 11.9. The highest BCUT2D eigenvalue weighted by Crippen LogP contribution is 2.16. The molecule has 1 aliphatic heterocycles. The van der Waals surface area contributed by atoms with Crippen molar-refractivity contribution in [3.63, 3.8) is 0 Å². The van der Waals surface area contributed by atoms with Gasteiger partial charge in [-0.05, 0) is 33.6 Å². The molecule has 0 spiro atoms. The maximum absolute atomic E-state index is 11.9. The number of nitrogens with one attached hydrogen (secondary N) is 1. The quantitative estimate of drug-likeness (QED) is 0.734. The Bertz CT molecular complexity index is 312. The zero-order chi connectivity index (χ0) is 14.4. The van der Waals surface area contributed by atoms with Crippen LogP contribution in [0.2, 0.25) is 0 Å². The maximum atomic E-state index is 11.9. The number of amides is 1. The molecular formula is C13H24N2O4. The Hall–Kier alpha value is -1.14. The van der Waals surface area contributed by atoms with E-state index in [4.69, 9.17) is 9.84 Å². The van der Waals surface area contributed by atoms with E-state index in [0.717, 1.165) is 25.9 Å². The molecule has 19 heavy (non-hydrogen) atoms. The molecule has 6 nitrogen and oxygen atoms in total. The van der Waals surface area contributed by atoms with Crippen LogP contribution >= 0.6 is 0 Å². The Morgan fingerprint density at radius 1 is 1.32 bits per heavy atom. The summed E-state index contributed by atoms with van der Waals surface area (Å²) in [6.07, 6.45) is 1.53. The first-order chi connectivity index (χ1) is 8.90. The molecule has 1 saturated heterocycles. The third-order valence-corrected chi connectivity index (χ3v) is 3.28. The Morgan fingerprint density at radius 2 is 1.89 bits per heavy atom. The number of carboxylic acids is 1. The highest BCUT2D eigenvalue weighted by molar-refractivity contribution is 5.81. The molecule has 0 aromatic carbocycles. The molecule has 0 aromatic heterocycles. The molecule has 6 heteroatoms. The van der Waals surface area contributed by atoms with Crippen molar-refractivity contribution in [1.29, 1.82) is 0 Å². The fraction of sp³-hybridized carbons (Fsp3) is 0.846. The molecule has 1 heterocycles. The van der Waals surface area contributed by atoms with Crippen molar-refractivity contribution in [1.82, 2.24) is 10.2 Å². The topological polar surface area (TPSA) is 78.9 Å². The van der Waals surface area contributed by atoms with Crippen molar-refractivity contribution in [2.75, 3.05) is 19.7 Å². The minimum Gasteiger partial charge on any atom is -0.480 e. The summed E-state index contributed by atoms with van der Waals surface area (Å²) < 4.78 is 5.27. The second-order valence-corrected chi connectivity index (χ2v) is 5.28. The average molecular weight is 272 g/mol. The van der Waals surface area contributed by atoms with Crippen molar-refractivity contribution in [2.24, 2.45) is 0 Å². The lowest BCUT2D eigenvalue weighted by Gasteiger charge is -2.35. The second-order valence-electron chi connectivity index (χ2n) is 5.28. The van der Waals surface area contributed by atoms with Gasteiger partial charge in [0.1, 0.15) is 6.61 Å². The minimum atomic E-state index is -0.938. The number of hydrogen-bond acceptors (Lipinski definition) is 4. The number of hydrogen-bond donors (Lipinski definition) is 2. The van der Waals surface area contributed by atoms with Crippen LogP contribution in [0.15, 0.2) is 0 Å². The molecule has 1 aliphatic rings. The van der Waals surface area contributed by atoms with Crippen LogP contribution < -0.4 is 5.32 Å². The summed E-state index contributed by atoms with van der Waals surface area (Å²) in [6, 6.07) is -0.00536. The highest BCUT2D eigenvalue weighted by atomic mass is 16.5. The fourth-order valence-electron chi connectivity index (χ4n) is 2.19. The molecule has 0 saturated carbocycles. The van der Waals surface area contributed by atoms with Crippen molar-refractivity contribution in [3.05, 3.63) is 0 Å². The molecule has 1 fully saturated rings. The van der Waals surface area contributed by atoms with E-state index in [1.54, 1.807) is 0 Å². The molecule has 0 radical (unpaired) electrons. The van der Waals surface area contributed by atoms with Crippen molar-refractivity contribution < 1.29 is 19.4 Å². The van der Waals surface area contributed by atoms with Crippen LogP contribution in [0.1, 0.15) is 33.6 Å². The molecule has 1 amide bonds. The van der Waals surface area contributed by atoms with Gasteiger partial charge in [0, 0.05) is 19.1 Å². The van der Waals surface area contributed by atoms with E-state index in [9.17, 15) is 9.59 Å². The van der Waals surface area contributed by atoms with E-state index in [1.165, 1.54) is 0 Å². The Kier molecular flexibility index (Phi) is 6.24. The van der Waals surface area contributed by atoms with Gasteiger partial charge in [-0.25, -0.2) is 4.79 Å². The molecule has 1 rings (SSSR count). The van der Waals surface area contributed by atoms with Crippen LogP contribution in [0, 0.1) is 0 Å². The molecule has 2 N–H and O–H groups in total. The number of likely N-dealkylation sites (tertiary alicyclic amines) is 1. The summed E-state index contributed by atoms with van der Waals surface area (Å²) in [6.45, 7) is 7.06. The molecule has 0 aromatic rings. The molecular weight excluding hydrogens is 248 g/mol. The van der Waals surface area contributed by atoms with Gasteiger partial charge in [0.05, 0.1) is 12.1 Å². The van der Waals surface area contributed by atoms with Crippen molar-refractivity contribution >= 4 is 11.9 Å². The predicted octanol–water partition coefficient (Wildman–Crippen LogP) is 0.465. The van der Waals surface area contributed by atoms with Crippen LogP contribution in [-0.2, 0) is 14.3 Å². The Labute approximate surface area is 114 Å². The lowest BCUT2D eigenvalue weighted by molar-refractivity contribution is -0.145. The van der Waals surface area contributed by atoms with Crippen molar-refractivity contribution in [3.8, 4) is 0 Å². The molecule has 1 atom stereocenters. The fourth-order valence-corrected chi connectivity index (χ4v) is 2.19. The summed E-state index contributed by atoms with van der Waals surface area (Å²) in [5, 5.41) is 11.5. The minimum absolute atomic E-state index is 0.00675. The third-order valence-electron chi connectivity index (χ3n) is 3.28. The number of carboxylic acid groups (broad SMARTS) is 1. The van der Waals surface area contributed by atoms with E-state index >= 15 is 0 Å². The first kappa shape index (κ1) is 15.9. The van der Waals surface area contributed by atoms with Gasteiger partial charge in [0.25, 0.3) is 0 Å². The van der Waals surface area contributed by atoms with E-state index in [1.807, 2.05) is 20.8 Å². The van der Waals surface area contributed by atoms with E-state index in [0.29, 0.717) is 0 Å². The highest BCUT2D eigenvalue weighted by Gasteiger charge is 2.27. The van der Waals surface area contributed by atoms with Gasteiger partial charge < -0.3 is 15.2 Å². The number of piperidine rings is 1. The van der Waals surface area contributed by atoms with Gasteiger partial charge in [0.15, 0.2) is 0 Å². The third kappa shape index (κ3) is 5.57. The van der Waals surface area contributed by atoms with Gasteiger partial charge in [-0.2, -0.15) is 0 Å². The van der Waals surface area contributed by atoms with Gasteiger partial charge in [-0.15, -0.1) is 0 Å². The molecule has 110 valence electrons. The molecule has 0 bridgehead atoms. The van der Waals surface area contributed by atoms with Crippen LogP contribution in [0.5, 0.6) is 0 Å². The van der Waals surface area contributed by atoms with E-state index in [2.05, 4.69) is 10.2 Å². The molecule has 0 aliphatic carbocycles. The lowest BCUT2D eigenvalue weighted by atomic mass is 10.1. The zero-order valence-corrected chi connectivity index (χ0v) is 11.9. The lowest BCUT2D eigenvalue weighted by Crippen LogP contribution is -2.50. The van der Waals surface area contributed by atoms with Gasteiger partial charge in [-0.3, -0.25) is 9.69 Å². The average Bonchev–Trinajstić information content (AvgIpc) is 2.35. The first-order valence-electron chi connectivity index (χ1n) is 6.78. The summed E-state index contributed by atoms with van der Waals surface area (Å²) in [4.78, 5) is 24.4. The SMILES string of the molecule is CC(C)NC(=O)C(C)N1CCC(OCC(=O)O)CC1. The number of aliphatic carboxylic acids is 1. The predicted molar refractivity (Wildman–Crippen MR) is 70.9 cm³/mol. The monoisotopic (exact) mass is 272 g/mol. The number of rotatable bonds is 6. The number of carbonyl (C=O) groups excluding carboxylic acids is 1. The maximum Gasteiger partial charge on any atom is 0.329 e. The normalized spacial score (nSPS) is 19.4. The largest absolute Gasteiger partial charge is 0.480 e. The van der Waals surface area contributed by atoms with Gasteiger partial charge in [0.2, 0.25) is 5.91 Å². The van der Waals surface area contributed by atoms with Crippen LogP contribution in [0.4, 0.5) is 0 Å². The summed E-state index contributed by atoms with van der Waals surface area (Å²) >= 11 is 0. The van der Waals surface area contributed by atoms with E-state index in [-0.39, 0.29) is 30.7 Å². The second kappa shape index (κ2) is 7.45. The Morgan fingerprint density at radius 3 is 2.37 bits per heavy atom. The summed E-state index contributed by atoms with van der Waals surface area (Å²) in [7, 11) is 0. The smallest absolute Gasteiger partial charge is 0.329 e. The van der Waals surface area contributed by atoms with Crippen LogP contribution in [0.3, 0.4) is 0 Å². The number of nitrogens with zero attached hydrogens (tertiary/aromatic N) is 1. The van der Waals surface area contributed by atoms with Gasteiger partial charge in [-0.1, -0.05) is 0 Å².